The Morgan fingerprint density at radius 2 is 0.639 bits per heavy atom. The highest BCUT2D eigenvalue weighted by atomic mass is 16.4. The fraction of sp³-hybridized carbons (Fsp3) is 0.214. The third kappa shape index (κ3) is 5.60. The van der Waals surface area contributed by atoms with E-state index in [1.807, 2.05) is 0 Å². The Morgan fingerprint density at radius 3 is 0.861 bits per heavy atom. The molecule has 0 aliphatic heterocycles. The summed E-state index contributed by atoms with van der Waals surface area (Å²) in [4.78, 5) is 47.5. The molecule has 3 aromatic carbocycles. The summed E-state index contributed by atoms with van der Waals surface area (Å²) in [6.45, 7) is 0. The number of benzene rings is 3. The first-order valence-corrected chi connectivity index (χ1v) is 11.2. The number of carbonyl (C=O) groups is 4. The molecule has 3 rings (SSSR count). The molecule has 0 fully saturated rings. The standard InChI is InChI=1S/C28H26O8/c29-23(30)15-27(16-24(31)32,19-7-3-1-4-8-19)21-11-13-22(14-12-21)28(17-25(33)34,18-26(35)36)20-9-5-2-6-10-20/h1-14H,15-18H2,(H,29,30)(H,31,32)(H,33,34)(H,35,36). The first-order valence-electron chi connectivity index (χ1n) is 11.2. The summed E-state index contributed by atoms with van der Waals surface area (Å²) in [5.74, 6) is -4.72. The zero-order valence-corrected chi connectivity index (χ0v) is 19.3. The highest BCUT2D eigenvalue weighted by molar-refractivity contribution is 5.77. The predicted molar refractivity (Wildman–Crippen MR) is 130 cm³/mol. The lowest BCUT2D eigenvalue weighted by Crippen LogP contribution is -2.35. The molecule has 4 N–H and O–H groups in total. The van der Waals surface area contributed by atoms with Crippen LogP contribution in [0.25, 0.3) is 0 Å². The van der Waals surface area contributed by atoms with E-state index in [0.717, 1.165) is 0 Å². The van der Waals surface area contributed by atoms with Crippen molar-refractivity contribution in [1.29, 1.82) is 0 Å². The predicted octanol–water partition coefficient (Wildman–Crippen LogP) is 4.16. The van der Waals surface area contributed by atoms with Crippen LogP contribution in [0.2, 0.25) is 0 Å². The minimum atomic E-state index is -1.40. The van der Waals surface area contributed by atoms with Gasteiger partial charge in [-0.1, -0.05) is 84.9 Å². The number of carboxylic acid groups (broad SMARTS) is 4. The van der Waals surface area contributed by atoms with Gasteiger partial charge in [0.05, 0.1) is 25.7 Å². The van der Waals surface area contributed by atoms with Crippen LogP contribution in [0.15, 0.2) is 84.9 Å². The zero-order chi connectivity index (χ0) is 26.3. The van der Waals surface area contributed by atoms with Gasteiger partial charge in [-0.3, -0.25) is 19.2 Å². The summed E-state index contributed by atoms with van der Waals surface area (Å²) >= 11 is 0. The highest BCUT2D eigenvalue weighted by Gasteiger charge is 2.42. The zero-order valence-electron chi connectivity index (χ0n) is 19.3. The fourth-order valence-corrected chi connectivity index (χ4v) is 4.93. The summed E-state index contributed by atoms with van der Waals surface area (Å²) in [6.07, 6.45) is -1.96. The molecule has 0 radical (unpaired) electrons. The van der Waals surface area contributed by atoms with Gasteiger partial charge in [0.15, 0.2) is 0 Å². The van der Waals surface area contributed by atoms with Crippen LogP contribution >= 0.6 is 0 Å². The molecule has 0 aliphatic rings. The van der Waals surface area contributed by atoms with E-state index in [9.17, 15) is 39.6 Å². The maximum atomic E-state index is 11.9. The van der Waals surface area contributed by atoms with Crippen molar-refractivity contribution in [1.82, 2.24) is 0 Å². The summed E-state index contributed by atoms with van der Waals surface area (Å²) < 4.78 is 0. The van der Waals surface area contributed by atoms with Crippen LogP contribution in [-0.4, -0.2) is 44.3 Å². The van der Waals surface area contributed by atoms with E-state index in [1.54, 1.807) is 84.9 Å². The molecule has 186 valence electrons. The molecular formula is C28H26O8. The van der Waals surface area contributed by atoms with Crippen LogP contribution in [0.5, 0.6) is 0 Å². The maximum absolute atomic E-state index is 11.9. The maximum Gasteiger partial charge on any atom is 0.304 e. The van der Waals surface area contributed by atoms with Crippen molar-refractivity contribution in [2.24, 2.45) is 0 Å². The lowest BCUT2D eigenvalue weighted by molar-refractivity contribution is -0.142. The molecule has 8 heteroatoms. The van der Waals surface area contributed by atoms with Crippen molar-refractivity contribution < 1.29 is 39.6 Å². The Balaban J connectivity index is 2.23. The van der Waals surface area contributed by atoms with Gasteiger partial charge in [-0.2, -0.15) is 0 Å². The van der Waals surface area contributed by atoms with Crippen LogP contribution in [-0.2, 0) is 30.0 Å². The lowest BCUT2D eigenvalue weighted by Gasteiger charge is -2.35. The number of carboxylic acids is 4. The third-order valence-corrected chi connectivity index (χ3v) is 6.45. The summed E-state index contributed by atoms with van der Waals surface area (Å²) in [6, 6.07) is 23.2. The van der Waals surface area contributed by atoms with E-state index in [2.05, 4.69) is 0 Å². The Bertz CT molecular complexity index is 1100. The Morgan fingerprint density at radius 1 is 0.417 bits per heavy atom. The fourth-order valence-electron chi connectivity index (χ4n) is 4.93. The lowest BCUT2D eigenvalue weighted by atomic mass is 9.67. The second kappa shape index (κ2) is 10.9. The van der Waals surface area contributed by atoms with Crippen LogP contribution in [0, 0.1) is 0 Å². The number of rotatable bonds is 12. The SMILES string of the molecule is O=C(O)CC(CC(=O)O)(c1ccccc1)c1ccc(C(CC(=O)O)(CC(=O)O)c2ccccc2)cc1. The second-order valence-electron chi connectivity index (χ2n) is 8.76. The van der Waals surface area contributed by atoms with Crippen molar-refractivity contribution in [2.45, 2.75) is 36.5 Å². The smallest absolute Gasteiger partial charge is 0.304 e. The van der Waals surface area contributed by atoms with Gasteiger partial charge in [0.25, 0.3) is 0 Å². The van der Waals surface area contributed by atoms with Crippen molar-refractivity contribution in [3.8, 4) is 0 Å². The van der Waals surface area contributed by atoms with E-state index < -0.39 is 60.4 Å². The first-order chi connectivity index (χ1) is 17.1. The van der Waals surface area contributed by atoms with E-state index in [1.165, 1.54) is 0 Å². The van der Waals surface area contributed by atoms with Crippen LogP contribution < -0.4 is 0 Å². The van der Waals surface area contributed by atoms with Crippen molar-refractivity contribution in [3.63, 3.8) is 0 Å². The monoisotopic (exact) mass is 490 g/mol. The van der Waals surface area contributed by atoms with Gasteiger partial charge in [0, 0.05) is 10.8 Å². The van der Waals surface area contributed by atoms with E-state index in [0.29, 0.717) is 22.3 Å². The summed E-state index contributed by atoms with van der Waals surface area (Å²) in [7, 11) is 0. The molecule has 0 bridgehead atoms. The largest absolute Gasteiger partial charge is 0.481 e. The highest BCUT2D eigenvalue weighted by Crippen LogP contribution is 2.43. The van der Waals surface area contributed by atoms with Gasteiger partial charge in [0.1, 0.15) is 0 Å². The van der Waals surface area contributed by atoms with Crippen molar-refractivity contribution >= 4 is 23.9 Å². The summed E-state index contributed by atoms with van der Waals surface area (Å²) in [5.41, 5.74) is -0.954. The van der Waals surface area contributed by atoms with Gasteiger partial charge in [-0.15, -0.1) is 0 Å². The molecule has 0 spiro atoms. The quantitative estimate of drug-likeness (QED) is 0.296. The van der Waals surface area contributed by atoms with E-state index >= 15 is 0 Å². The minimum Gasteiger partial charge on any atom is -0.481 e. The molecule has 0 aromatic heterocycles. The van der Waals surface area contributed by atoms with E-state index in [-0.39, 0.29) is 0 Å². The molecule has 0 atom stereocenters. The minimum absolute atomic E-state index is 0.412. The Hall–Kier alpha value is -4.46. The number of hydrogen-bond donors (Lipinski definition) is 4. The van der Waals surface area contributed by atoms with Crippen LogP contribution in [0.3, 0.4) is 0 Å². The van der Waals surface area contributed by atoms with Crippen molar-refractivity contribution in [2.75, 3.05) is 0 Å². The van der Waals surface area contributed by atoms with Crippen LogP contribution in [0.4, 0.5) is 0 Å². The van der Waals surface area contributed by atoms with Gasteiger partial charge in [-0.05, 0) is 22.3 Å². The molecular weight excluding hydrogens is 464 g/mol. The topological polar surface area (TPSA) is 149 Å². The second-order valence-corrected chi connectivity index (χ2v) is 8.76. The number of aliphatic carboxylic acids is 4. The van der Waals surface area contributed by atoms with Gasteiger partial charge in [0.2, 0.25) is 0 Å². The molecule has 0 amide bonds. The van der Waals surface area contributed by atoms with E-state index in [4.69, 9.17) is 0 Å². The average Bonchev–Trinajstić information content (AvgIpc) is 2.83. The van der Waals surface area contributed by atoms with Gasteiger partial charge < -0.3 is 20.4 Å². The van der Waals surface area contributed by atoms with Crippen molar-refractivity contribution in [3.05, 3.63) is 107 Å². The molecule has 0 heterocycles. The first kappa shape index (κ1) is 26.2. The average molecular weight is 491 g/mol. The third-order valence-electron chi connectivity index (χ3n) is 6.45. The van der Waals surface area contributed by atoms with Crippen LogP contribution in [0.1, 0.15) is 47.9 Å². The molecule has 3 aromatic rings. The molecule has 0 aliphatic carbocycles. The number of hydrogen-bond acceptors (Lipinski definition) is 4. The summed E-state index contributed by atoms with van der Waals surface area (Å²) in [5, 5.41) is 38.8. The molecule has 36 heavy (non-hydrogen) atoms. The Labute approximate surface area is 207 Å². The van der Waals surface area contributed by atoms with Gasteiger partial charge >= 0.3 is 23.9 Å². The molecule has 0 saturated heterocycles. The van der Waals surface area contributed by atoms with Gasteiger partial charge in [-0.25, -0.2) is 0 Å². The Kier molecular flexibility index (Phi) is 7.89. The molecule has 0 saturated carbocycles. The normalized spacial score (nSPS) is 11.6. The molecule has 0 unspecified atom stereocenters. The molecule has 8 nitrogen and oxygen atoms in total.